The fourth-order valence-corrected chi connectivity index (χ4v) is 3.57. The molecule has 0 aromatic carbocycles. The number of sulfonamides is 1. The molecule has 0 atom stereocenters. The van der Waals surface area contributed by atoms with Gasteiger partial charge in [-0.25, -0.2) is 18.1 Å². The highest BCUT2D eigenvalue weighted by atomic mass is 32.2. The van der Waals surface area contributed by atoms with Crippen LogP contribution in [0.3, 0.4) is 0 Å². The van der Waals surface area contributed by atoms with Crippen molar-refractivity contribution < 1.29 is 8.42 Å². The standard InChI is InChI=1S/C9H12N4O2S2/c1-2-7-3-4-9(16-7)17(14,15)12-5-8-10-6-11-13-8/h3-4,6,12H,2,5H2,1H3,(H,10,11,13). The lowest BCUT2D eigenvalue weighted by Gasteiger charge is -2.01. The Morgan fingerprint density at radius 1 is 1.47 bits per heavy atom. The molecular formula is C9H12N4O2S2. The van der Waals surface area contributed by atoms with E-state index in [0.29, 0.717) is 10.0 Å². The molecule has 6 nitrogen and oxygen atoms in total. The van der Waals surface area contributed by atoms with Gasteiger partial charge in [0, 0.05) is 4.88 Å². The largest absolute Gasteiger partial charge is 0.262 e. The van der Waals surface area contributed by atoms with Gasteiger partial charge in [0.25, 0.3) is 0 Å². The topological polar surface area (TPSA) is 87.7 Å². The molecule has 0 radical (unpaired) electrons. The number of nitrogens with zero attached hydrogens (tertiary/aromatic N) is 2. The first-order valence-electron chi connectivity index (χ1n) is 5.04. The van der Waals surface area contributed by atoms with Crippen molar-refractivity contribution in [3.63, 3.8) is 0 Å². The first-order valence-corrected chi connectivity index (χ1v) is 7.34. The second kappa shape index (κ2) is 4.94. The number of nitrogens with one attached hydrogen (secondary N) is 2. The molecule has 0 spiro atoms. The number of rotatable bonds is 5. The van der Waals surface area contributed by atoms with Crippen molar-refractivity contribution in [3.8, 4) is 0 Å². The molecule has 0 saturated carbocycles. The average Bonchev–Trinajstić information content (AvgIpc) is 2.98. The molecule has 2 rings (SSSR count). The Morgan fingerprint density at radius 3 is 2.88 bits per heavy atom. The summed E-state index contributed by atoms with van der Waals surface area (Å²) in [5.74, 6) is 0.487. The van der Waals surface area contributed by atoms with Crippen LogP contribution in [0.25, 0.3) is 0 Å². The Hall–Kier alpha value is -1.25. The maximum Gasteiger partial charge on any atom is 0.250 e. The predicted octanol–water partition coefficient (Wildman–Crippen LogP) is 0.907. The van der Waals surface area contributed by atoms with E-state index < -0.39 is 10.0 Å². The molecule has 17 heavy (non-hydrogen) atoms. The van der Waals surface area contributed by atoms with Crippen LogP contribution in [0.4, 0.5) is 0 Å². The number of aromatic nitrogens is 3. The van der Waals surface area contributed by atoms with Crippen LogP contribution in [0.15, 0.2) is 22.7 Å². The molecule has 0 unspecified atom stereocenters. The van der Waals surface area contributed by atoms with Gasteiger partial charge in [0.15, 0.2) is 0 Å². The van der Waals surface area contributed by atoms with Gasteiger partial charge in [0.2, 0.25) is 10.0 Å². The zero-order valence-electron chi connectivity index (χ0n) is 9.17. The summed E-state index contributed by atoms with van der Waals surface area (Å²) in [6.07, 6.45) is 2.17. The van der Waals surface area contributed by atoms with Crippen LogP contribution in [0.5, 0.6) is 0 Å². The highest BCUT2D eigenvalue weighted by Crippen LogP contribution is 2.21. The molecule has 2 N–H and O–H groups in total. The summed E-state index contributed by atoms with van der Waals surface area (Å²) < 4.78 is 26.6. The Kier molecular flexibility index (Phi) is 3.55. The molecule has 8 heteroatoms. The number of hydrogen-bond acceptors (Lipinski definition) is 5. The second-order valence-electron chi connectivity index (χ2n) is 3.33. The lowest BCUT2D eigenvalue weighted by molar-refractivity contribution is 0.581. The third-order valence-corrected chi connectivity index (χ3v) is 5.27. The summed E-state index contributed by atoms with van der Waals surface area (Å²) in [6.45, 7) is 2.10. The van der Waals surface area contributed by atoms with E-state index in [9.17, 15) is 8.42 Å². The van der Waals surface area contributed by atoms with Crippen LogP contribution in [-0.4, -0.2) is 23.6 Å². The molecule has 0 aliphatic heterocycles. The molecule has 92 valence electrons. The van der Waals surface area contributed by atoms with E-state index in [-0.39, 0.29) is 6.54 Å². The zero-order chi connectivity index (χ0) is 12.3. The van der Waals surface area contributed by atoms with Crippen LogP contribution in [-0.2, 0) is 23.0 Å². The summed E-state index contributed by atoms with van der Waals surface area (Å²) in [4.78, 5) is 4.89. The number of aromatic amines is 1. The van der Waals surface area contributed by atoms with Crippen LogP contribution in [0.1, 0.15) is 17.6 Å². The fraction of sp³-hybridized carbons (Fsp3) is 0.333. The van der Waals surface area contributed by atoms with Gasteiger partial charge >= 0.3 is 0 Å². The van der Waals surface area contributed by atoms with E-state index in [2.05, 4.69) is 19.9 Å². The Labute approximate surface area is 103 Å². The summed E-state index contributed by atoms with van der Waals surface area (Å²) in [5, 5.41) is 6.24. The number of aryl methyl sites for hydroxylation is 1. The Bertz CT molecular complexity index is 574. The maximum atomic E-state index is 11.9. The fourth-order valence-electron chi connectivity index (χ4n) is 1.24. The van der Waals surface area contributed by atoms with Crippen molar-refractivity contribution in [2.24, 2.45) is 0 Å². The predicted molar refractivity (Wildman–Crippen MR) is 64.1 cm³/mol. The molecule has 0 aliphatic rings. The summed E-state index contributed by atoms with van der Waals surface area (Å²) in [5.41, 5.74) is 0. The van der Waals surface area contributed by atoms with Gasteiger partial charge in [-0.3, -0.25) is 5.10 Å². The highest BCUT2D eigenvalue weighted by Gasteiger charge is 2.16. The molecule has 0 saturated heterocycles. The third-order valence-electron chi connectivity index (χ3n) is 2.14. The molecular weight excluding hydrogens is 260 g/mol. The lowest BCUT2D eigenvalue weighted by atomic mass is 10.4. The van der Waals surface area contributed by atoms with Crippen LogP contribution < -0.4 is 4.72 Å². The lowest BCUT2D eigenvalue weighted by Crippen LogP contribution is -2.23. The zero-order valence-corrected chi connectivity index (χ0v) is 10.8. The van der Waals surface area contributed by atoms with Crippen LogP contribution >= 0.6 is 11.3 Å². The SMILES string of the molecule is CCc1ccc(S(=O)(=O)NCc2ncn[nH]2)s1. The summed E-state index contributed by atoms with van der Waals surface area (Å²) in [7, 11) is -3.44. The van der Waals surface area contributed by atoms with Crippen molar-refractivity contribution in [2.75, 3.05) is 0 Å². The summed E-state index contributed by atoms with van der Waals surface area (Å²) >= 11 is 1.28. The summed E-state index contributed by atoms with van der Waals surface area (Å²) in [6, 6.07) is 3.44. The van der Waals surface area contributed by atoms with Gasteiger partial charge in [-0.05, 0) is 18.6 Å². The van der Waals surface area contributed by atoms with Gasteiger partial charge in [-0.15, -0.1) is 11.3 Å². The van der Waals surface area contributed by atoms with Crippen molar-refractivity contribution in [2.45, 2.75) is 24.1 Å². The molecule has 0 amide bonds. The van der Waals surface area contributed by atoms with Gasteiger partial charge < -0.3 is 0 Å². The quantitative estimate of drug-likeness (QED) is 0.846. The van der Waals surface area contributed by atoms with Gasteiger partial charge in [0.05, 0.1) is 6.54 Å². The number of thiophene rings is 1. The minimum absolute atomic E-state index is 0.113. The first-order chi connectivity index (χ1) is 8.12. The van der Waals surface area contributed by atoms with Crippen molar-refractivity contribution in [1.29, 1.82) is 0 Å². The molecule has 0 bridgehead atoms. The third kappa shape index (κ3) is 2.90. The van der Waals surface area contributed by atoms with E-state index in [0.717, 1.165) is 11.3 Å². The Balaban J connectivity index is 2.08. The first kappa shape index (κ1) is 12.2. The van der Waals surface area contributed by atoms with Gasteiger partial charge in [0.1, 0.15) is 16.4 Å². The molecule has 2 aromatic rings. The smallest absolute Gasteiger partial charge is 0.250 e. The second-order valence-corrected chi connectivity index (χ2v) is 6.49. The molecule has 2 heterocycles. The van der Waals surface area contributed by atoms with Gasteiger partial charge in [-0.2, -0.15) is 5.10 Å². The maximum absolute atomic E-state index is 11.9. The van der Waals surface area contributed by atoms with Crippen molar-refractivity contribution >= 4 is 21.4 Å². The van der Waals surface area contributed by atoms with Gasteiger partial charge in [-0.1, -0.05) is 6.92 Å². The monoisotopic (exact) mass is 272 g/mol. The van der Waals surface area contributed by atoms with E-state index in [1.807, 2.05) is 13.0 Å². The molecule has 0 aliphatic carbocycles. The van der Waals surface area contributed by atoms with Crippen molar-refractivity contribution in [1.82, 2.24) is 19.9 Å². The molecule has 2 aromatic heterocycles. The average molecular weight is 272 g/mol. The van der Waals surface area contributed by atoms with Crippen LogP contribution in [0.2, 0.25) is 0 Å². The Morgan fingerprint density at radius 2 is 2.29 bits per heavy atom. The van der Waals surface area contributed by atoms with E-state index in [4.69, 9.17) is 0 Å². The van der Waals surface area contributed by atoms with E-state index in [1.165, 1.54) is 17.7 Å². The number of hydrogen-bond donors (Lipinski definition) is 2. The highest BCUT2D eigenvalue weighted by molar-refractivity contribution is 7.91. The molecule has 0 fully saturated rings. The normalized spacial score (nSPS) is 11.8. The minimum atomic E-state index is -3.44. The van der Waals surface area contributed by atoms with Crippen molar-refractivity contribution in [3.05, 3.63) is 29.2 Å². The van der Waals surface area contributed by atoms with Crippen LogP contribution in [0, 0.1) is 0 Å². The van der Waals surface area contributed by atoms with E-state index in [1.54, 1.807) is 6.07 Å². The van der Waals surface area contributed by atoms with E-state index >= 15 is 0 Å². The number of H-pyrrole nitrogens is 1. The minimum Gasteiger partial charge on any atom is -0.262 e.